The zero-order valence-electron chi connectivity index (χ0n) is 15.0. The number of pyridine rings is 1. The summed E-state index contributed by atoms with van der Waals surface area (Å²) in [5, 5.41) is 3.90. The van der Waals surface area contributed by atoms with Crippen LogP contribution in [0, 0.1) is 11.7 Å². The van der Waals surface area contributed by atoms with Crippen molar-refractivity contribution in [1.82, 2.24) is 20.0 Å². The number of likely N-dealkylation sites (tertiary alicyclic amines) is 1. The van der Waals surface area contributed by atoms with Gasteiger partial charge in [-0.2, -0.15) is 4.98 Å². The number of nitrogens with zero attached hydrogens (tertiary/aromatic N) is 4. The van der Waals surface area contributed by atoms with Gasteiger partial charge < -0.3 is 9.42 Å². The van der Waals surface area contributed by atoms with Gasteiger partial charge in [0.1, 0.15) is 5.82 Å². The van der Waals surface area contributed by atoms with E-state index < -0.39 is 0 Å². The smallest absolute Gasteiger partial charge is 0.255 e. The van der Waals surface area contributed by atoms with Crippen molar-refractivity contribution in [3.05, 3.63) is 64.5 Å². The first-order chi connectivity index (χ1) is 13.6. The normalized spacial score (nSPS) is 16.9. The summed E-state index contributed by atoms with van der Waals surface area (Å²) >= 11 is 3.35. The quantitative estimate of drug-likeness (QED) is 0.604. The van der Waals surface area contributed by atoms with Crippen molar-refractivity contribution in [3.63, 3.8) is 0 Å². The fourth-order valence-corrected chi connectivity index (χ4v) is 3.83. The third-order valence-corrected chi connectivity index (χ3v) is 5.24. The Labute approximate surface area is 169 Å². The highest BCUT2D eigenvalue weighted by molar-refractivity contribution is 9.10. The number of hydrogen-bond donors (Lipinski definition) is 0. The first kappa shape index (κ1) is 18.7. The summed E-state index contributed by atoms with van der Waals surface area (Å²) in [6, 6.07) is 8.12. The van der Waals surface area contributed by atoms with Crippen molar-refractivity contribution < 1.29 is 13.7 Å². The van der Waals surface area contributed by atoms with Crippen molar-refractivity contribution in [2.45, 2.75) is 19.3 Å². The van der Waals surface area contributed by atoms with Gasteiger partial charge in [-0.1, -0.05) is 17.3 Å². The number of halogens is 2. The molecule has 1 aliphatic heterocycles. The Bertz CT molecular complexity index is 994. The number of amides is 1. The maximum atomic E-state index is 13.9. The van der Waals surface area contributed by atoms with E-state index in [-0.39, 0.29) is 23.5 Å². The molecule has 1 atom stereocenters. The van der Waals surface area contributed by atoms with E-state index in [9.17, 15) is 9.18 Å². The molecule has 4 rings (SSSR count). The molecule has 0 N–H and O–H groups in total. The highest BCUT2D eigenvalue weighted by Gasteiger charge is 2.26. The monoisotopic (exact) mass is 444 g/mol. The number of carbonyl (C=O) groups excluding carboxylic acids is 1. The standard InChI is InChI=1S/C20H18BrFN4O2/c21-15-9-14(10-23-11-15)20(27)26-7-3-4-13(12-26)8-18-24-19(25-28-18)16-5-1-2-6-17(16)22/h1-2,5-6,9-11,13H,3-4,7-8,12H2/t13-/m1/s1. The van der Waals surface area contributed by atoms with Crippen LogP contribution in [0.3, 0.4) is 0 Å². The van der Waals surface area contributed by atoms with Crippen molar-refractivity contribution >= 4 is 21.8 Å². The van der Waals surface area contributed by atoms with Crippen molar-refractivity contribution in [3.8, 4) is 11.4 Å². The highest BCUT2D eigenvalue weighted by Crippen LogP contribution is 2.24. The van der Waals surface area contributed by atoms with Gasteiger partial charge in [0.15, 0.2) is 0 Å². The fourth-order valence-electron chi connectivity index (χ4n) is 3.46. The van der Waals surface area contributed by atoms with E-state index in [0.29, 0.717) is 36.5 Å². The summed E-state index contributed by atoms with van der Waals surface area (Å²) < 4.78 is 20.0. The Morgan fingerprint density at radius 2 is 2.18 bits per heavy atom. The summed E-state index contributed by atoms with van der Waals surface area (Å²) in [6.45, 7) is 1.33. The molecule has 1 saturated heterocycles. The molecule has 3 aromatic rings. The van der Waals surface area contributed by atoms with Gasteiger partial charge in [0.2, 0.25) is 11.7 Å². The van der Waals surface area contributed by atoms with Gasteiger partial charge >= 0.3 is 0 Å². The zero-order valence-corrected chi connectivity index (χ0v) is 16.6. The Balaban J connectivity index is 1.43. The molecule has 0 spiro atoms. The lowest BCUT2D eigenvalue weighted by atomic mass is 9.94. The summed E-state index contributed by atoms with van der Waals surface area (Å²) in [4.78, 5) is 23.0. The molecule has 0 aliphatic carbocycles. The summed E-state index contributed by atoms with van der Waals surface area (Å²) in [6.07, 6.45) is 5.67. The van der Waals surface area contributed by atoms with Crippen molar-refractivity contribution in [1.29, 1.82) is 0 Å². The minimum absolute atomic E-state index is 0.0314. The Morgan fingerprint density at radius 3 is 3.00 bits per heavy atom. The average Bonchev–Trinajstić information content (AvgIpc) is 3.16. The number of aromatic nitrogens is 3. The summed E-state index contributed by atoms with van der Waals surface area (Å²) in [5.74, 6) is 0.508. The van der Waals surface area contributed by atoms with Crippen LogP contribution in [0.5, 0.6) is 0 Å². The number of hydrogen-bond acceptors (Lipinski definition) is 5. The van der Waals surface area contributed by atoms with Crippen LogP contribution >= 0.6 is 15.9 Å². The number of benzene rings is 1. The molecule has 0 saturated carbocycles. The minimum atomic E-state index is -0.382. The van der Waals surface area contributed by atoms with Gasteiger partial charge in [-0.15, -0.1) is 0 Å². The lowest BCUT2D eigenvalue weighted by molar-refractivity contribution is 0.0667. The number of piperidine rings is 1. The van der Waals surface area contributed by atoms with Crippen LogP contribution in [0.4, 0.5) is 4.39 Å². The van der Waals surface area contributed by atoms with Gasteiger partial charge in [0.25, 0.3) is 5.91 Å². The van der Waals surface area contributed by atoms with Crippen LogP contribution in [0.1, 0.15) is 29.1 Å². The Kier molecular flexibility index (Phi) is 5.47. The Morgan fingerprint density at radius 1 is 1.32 bits per heavy atom. The van der Waals surface area contributed by atoms with E-state index in [1.165, 1.54) is 6.07 Å². The predicted molar refractivity (Wildman–Crippen MR) is 104 cm³/mol. The van der Waals surface area contributed by atoms with Crippen molar-refractivity contribution in [2.75, 3.05) is 13.1 Å². The first-order valence-electron chi connectivity index (χ1n) is 9.07. The largest absolute Gasteiger partial charge is 0.339 e. The highest BCUT2D eigenvalue weighted by atomic mass is 79.9. The molecule has 8 heteroatoms. The van der Waals surface area contributed by atoms with E-state index in [2.05, 4.69) is 31.1 Å². The Hall–Kier alpha value is -2.61. The third kappa shape index (κ3) is 4.11. The minimum Gasteiger partial charge on any atom is -0.339 e. The molecule has 0 radical (unpaired) electrons. The molecule has 1 aromatic carbocycles. The van der Waals surface area contributed by atoms with Gasteiger partial charge in [-0.05, 0) is 52.9 Å². The molecular formula is C20H18BrFN4O2. The molecule has 1 fully saturated rings. The molecule has 0 bridgehead atoms. The molecule has 144 valence electrons. The second-order valence-electron chi connectivity index (χ2n) is 6.85. The lowest BCUT2D eigenvalue weighted by Gasteiger charge is -2.32. The average molecular weight is 445 g/mol. The van der Waals surface area contributed by atoms with E-state index in [4.69, 9.17) is 4.52 Å². The molecule has 0 unspecified atom stereocenters. The van der Waals surface area contributed by atoms with Crippen LogP contribution in [0.25, 0.3) is 11.4 Å². The van der Waals surface area contributed by atoms with Crippen LogP contribution in [0.15, 0.2) is 51.7 Å². The lowest BCUT2D eigenvalue weighted by Crippen LogP contribution is -2.40. The van der Waals surface area contributed by atoms with E-state index in [1.807, 2.05) is 4.90 Å². The fraction of sp³-hybridized carbons (Fsp3) is 0.300. The maximum Gasteiger partial charge on any atom is 0.255 e. The maximum absolute atomic E-state index is 13.9. The first-order valence-corrected chi connectivity index (χ1v) is 9.87. The number of carbonyl (C=O) groups is 1. The van der Waals surface area contributed by atoms with Crippen LogP contribution in [-0.2, 0) is 6.42 Å². The van der Waals surface area contributed by atoms with Crippen LogP contribution in [0.2, 0.25) is 0 Å². The molecule has 3 heterocycles. The molecule has 6 nitrogen and oxygen atoms in total. The topological polar surface area (TPSA) is 72.1 Å². The molecule has 1 aliphatic rings. The molecule has 2 aromatic heterocycles. The summed E-state index contributed by atoms with van der Waals surface area (Å²) in [7, 11) is 0. The van der Waals surface area contributed by atoms with Crippen LogP contribution in [-0.4, -0.2) is 39.0 Å². The molecule has 1 amide bonds. The second kappa shape index (κ2) is 8.18. The van der Waals surface area contributed by atoms with Gasteiger partial charge in [-0.25, -0.2) is 4.39 Å². The second-order valence-corrected chi connectivity index (χ2v) is 7.76. The van der Waals surface area contributed by atoms with E-state index >= 15 is 0 Å². The van der Waals surface area contributed by atoms with Crippen LogP contribution < -0.4 is 0 Å². The van der Waals surface area contributed by atoms with E-state index in [0.717, 1.165) is 17.3 Å². The number of rotatable bonds is 4. The van der Waals surface area contributed by atoms with E-state index in [1.54, 1.807) is 36.7 Å². The SMILES string of the molecule is O=C(c1cncc(Br)c1)N1CCC[C@H](Cc2nc(-c3ccccc3F)no2)C1. The third-order valence-electron chi connectivity index (χ3n) is 4.80. The van der Waals surface area contributed by atoms with Gasteiger partial charge in [0, 0.05) is 36.4 Å². The zero-order chi connectivity index (χ0) is 19.5. The van der Waals surface area contributed by atoms with Crippen molar-refractivity contribution in [2.24, 2.45) is 5.92 Å². The molecule has 28 heavy (non-hydrogen) atoms. The summed E-state index contributed by atoms with van der Waals surface area (Å²) in [5.41, 5.74) is 0.884. The van der Waals surface area contributed by atoms with Gasteiger partial charge in [-0.3, -0.25) is 9.78 Å². The predicted octanol–water partition coefficient (Wildman–Crippen LogP) is 4.13. The molecular weight excluding hydrogens is 427 g/mol. The van der Waals surface area contributed by atoms with Gasteiger partial charge in [0.05, 0.1) is 11.1 Å².